The van der Waals surface area contributed by atoms with Gasteiger partial charge < -0.3 is 24.8 Å². The van der Waals surface area contributed by atoms with Crippen LogP contribution in [0.1, 0.15) is 25.3 Å². The second-order valence-corrected chi connectivity index (χ2v) is 6.06. The average Bonchev–Trinajstić information content (AvgIpc) is 2.67. The molecule has 2 rings (SSSR count). The van der Waals surface area contributed by atoms with Crippen molar-refractivity contribution in [2.75, 3.05) is 32.0 Å². The Balaban J connectivity index is 2.19. The summed E-state index contributed by atoms with van der Waals surface area (Å²) in [6.07, 6.45) is 0. The van der Waals surface area contributed by atoms with Gasteiger partial charge in [-0.25, -0.2) is 0 Å². The molecule has 2 amide bonds. The van der Waals surface area contributed by atoms with Crippen molar-refractivity contribution in [2.45, 2.75) is 19.8 Å². The van der Waals surface area contributed by atoms with E-state index in [0.29, 0.717) is 28.6 Å². The van der Waals surface area contributed by atoms with Crippen LogP contribution >= 0.6 is 0 Å². The molecule has 2 aromatic rings. The SMILES string of the molecule is COc1cc(NC(=O)C(=O)Nc2ccccc2C(C)C)cc(OC)c1OC. The molecule has 0 spiro atoms. The first-order chi connectivity index (χ1) is 12.9. The van der Waals surface area contributed by atoms with E-state index in [1.54, 1.807) is 24.3 Å². The van der Waals surface area contributed by atoms with Gasteiger partial charge in [0.1, 0.15) is 0 Å². The van der Waals surface area contributed by atoms with Crippen molar-refractivity contribution in [3.8, 4) is 17.2 Å². The van der Waals surface area contributed by atoms with E-state index < -0.39 is 11.8 Å². The summed E-state index contributed by atoms with van der Waals surface area (Å²) in [6.45, 7) is 4.03. The number of ether oxygens (including phenoxy) is 3. The highest BCUT2D eigenvalue weighted by atomic mass is 16.5. The maximum Gasteiger partial charge on any atom is 0.314 e. The summed E-state index contributed by atoms with van der Waals surface area (Å²) >= 11 is 0. The lowest BCUT2D eigenvalue weighted by Crippen LogP contribution is -2.29. The van der Waals surface area contributed by atoms with E-state index in [1.165, 1.54) is 21.3 Å². The average molecular weight is 372 g/mol. The second-order valence-electron chi connectivity index (χ2n) is 6.06. The fourth-order valence-electron chi connectivity index (χ4n) is 2.63. The van der Waals surface area contributed by atoms with Gasteiger partial charge in [-0.1, -0.05) is 32.0 Å². The summed E-state index contributed by atoms with van der Waals surface area (Å²) in [4.78, 5) is 24.6. The zero-order chi connectivity index (χ0) is 20.0. The fraction of sp³-hybridized carbons (Fsp3) is 0.300. The van der Waals surface area contributed by atoms with E-state index in [-0.39, 0.29) is 5.92 Å². The molecule has 0 aliphatic rings. The predicted molar refractivity (Wildman–Crippen MR) is 104 cm³/mol. The van der Waals surface area contributed by atoms with Crippen LogP contribution < -0.4 is 24.8 Å². The minimum absolute atomic E-state index is 0.208. The van der Waals surface area contributed by atoms with Crippen molar-refractivity contribution >= 4 is 23.2 Å². The molecule has 2 aromatic carbocycles. The predicted octanol–water partition coefficient (Wildman–Crippen LogP) is 3.41. The summed E-state index contributed by atoms with van der Waals surface area (Å²) in [5, 5.41) is 5.20. The largest absolute Gasteiger partial charge is 0.493 e. The standard InChI is InChI=1S/C20H24N2O5/c1-12(2)14-8-6-7-9-15(14)22-20(24)19(23)21-13-10-16(25-3)18(27-5)17(11-13)26-4/h6-12H,1-5H3,(H,21,23)(H,22,24). The molecule has 0 aliphatic heterocycles. The molecule has 0 aromatic heterocycles. The number of anilines is 2. The highest BCUT2D eigenvalue weighted by Crippen LogP contribution is 2.39. The molecular weight excluding hydrogens is 348 g/mol. The maximum absolute atomic E-state index is 12.3. The van der Waals surface area contributed by atoms with Gasteiger partial charge in [0, 0.05) is 23.5 Å². The number of nitrogens with one attached hydrogen (secondary N) is 2. The van der Waals surface area contributed by atoms with Crippen LogP contribution in [0.25, 0.3) is 0 Å². The Morgan fingerprint density at radius 2 is 1.41 bits per heavy atom. The molecule has 0 atom stereocenters. The van der Waals surface area contributed by atoms with Crippen molar-refractivity contribution in [3.63, 3.8) is 0 Å². The first kappa shape index (κ1) is 20.1. The lowest BCUT2D eigenvalue weighted by atomic mass is 10.0. The number of hydrogen-bond acceptors (Lipinski definition) is 5. The topological polar surface area (TPSA) is 85.9 Å². The van der Waals surface area contributed by atoms with Gasteiger partial charge in [0.15, 0.2) is 11.5 Å². The van der Waals surface area contributed by atoms with Crippen molar-refractivity contribution in [1.29, 1.82) is 0 Å². The zero-order valence-electron chi connectivity index (χ0n) is 16.1. The molecule has 0 heterocycles. The Kier molecular flexibility index (Phi) is 6.65. The van der Waals surface area contributed by atoms with E-state index in [2.05, 4.69) is 10.6 Å². The summed E-state index contributed by atoms with van der Waals surface area (Å²) in [6, 6.07) is 10.5. The molecule has 27 heavy (non-hydrogen) atoms. The third-order valence-corrected chi connectivity index (χ3v) is 3.96. The number of benzene rings is 2. The van der Waals surface area contributed by atoms with Gasteiger partial charge in [0.25, 0.3) is 0 Å². The molecule has 0 saturated carbocycles. The monoisotopic (exact) mass is 372 g/mol. The van der Waals surface area contributed by atoms with E-state index in [9.17, 15) is 9.59 Å². The molecule has 144 valence electrons. The molecule has 0 fully saturated rings. The van der Waals surface area contributed by atoms with E-state index in [4.69, 9.17) is 14.2 Å². The normalized spacial score (nSPS) is 10.3. The van der Waals surface area contributed by atoms with E-state index in [1.807, 2.05) is 26.0 Å². The van der Waals surface area contributed by atoms with E-state index in [0.717, 1.165) is 5.56 Å². The Hall–Kier alpha value is -3.22. The van der Waals surface area contributed by atoms with Gasteiger partial charge in [-0.05, 0) is 17.5 Å². The maximum atomic E-state index is 12.3. The quantitative estimate of drug-likeness (QED) is 0.759. The van der Waals surface area contributed by atoms with Crippen molar-refractivity contribution < 1.29 is 23.8 Å². The van der Waals surface area contributed by atoms with Gasteiger partial charge in [-0.2, -0.15) is 0 Å². The molecule has 7 heteroatoms. The minimum atomic E-state index is -0.803. The third kappa shape index (κ3) is 4.69. The van der Waals surface area contributed by atoms with Crippen LogP contribution in [0, 0.1) is 0 Å². The van der Waals surface area contributed by atoms with Crippen LogP contribution in [0.5, 0.6) is 17.2 Å². The van der Waals surface area contributed by atoms with Crippen LogP contribution in [0.4, 0.5) is 11.4 Å². The molecule has 0 radical (unpaired) electrons. The van der Waals surface area contributed by atoms with Crippen LogP contribution in [0.3, 0.4) is 0 Å². The molecule has 0 unspecified atom stereocenters. The lowest BCUT2D eigenvalue weighted by Gasteiger charge is -2.15. The number of carbonyl (C=O) groups is 2. The summed E-state index contributed by atoms with van der Waals surface area (Å²) in [7, 11) is 4.43. The highest BCUT2D eigenvalue weighted by molar-refractivity contribution is 6.43. The number of rotatable bonds is 6. The van der Waals surface area contributed by atoms with Gasteiger partial charge in [0.2, 0.25) is 5.75 Å². The van der Waals surface area contributed by atoms with E-state index >= 15 is 0 Å². The number of para-hydroxylation sites is 1. The smallest absolute Gasteiger partial charge is 0.314 e. The molecule has 0 aliphatic carbocycles. The number of amides is 2. The van der Waals surface area contributed by atoms with Crippen molar-refractivity contribution in [3.05, 3.63) is 42.0 Å². The zero-order valence-corrected chi connectivity index (χ0v) is 16.1. The summed E-state index contributed by atoms with van der Waals surface area (Å²) in [5.41, 5.74) is 1.91. The summed E-state index contributed by atoms with van der Waals surface area (Å²) < 4.78 is 15.7. The first-order valence-corrected chi connectivity index (χ1v) is 8.42. The Morgan fingerprint density at radius 3 is 1.93 bits per heavy atom. The Labute approximate surface area is 158 Å². The van der Waals surface area contributed by atoms with Crippen LogP contribution in [-0.4, -0.2) is 33.1 Å². The van der Waals surface area contributed by atoms with Gasteiger partial charge in [-0.3, -0.25) is 9.59 Å². The number of hydrogen-bond donors (Lipinski definition) is 2. The van der Waals surface area contributed by atoms with Crippen LogP contribution in [-0.2, 0) is 9.59 Å². The van der Waals surface area contributed by atoms with Gasteiger partial charge >= 0.3 is 11.8 Å². The molecule has 2 N–H and O–H groups in total. The van der Waals surface area contributed by atoms with Crippen molar-refractivity contribution in [2.24, 2.45) is 0 Å². The van der Waals surface area contributed by atoms with Crippen LogP contribution in [0.2, 0.25) is 0 Å². The highest BCUT2D eigenvalue weighted by Gasteiger charge is 2.19. The minimum Gasteiger partial charge on any atom is -0.493 e. The van der Waals surface area contributed by atoms with Gasteiger partial charge in [0.05, 0.1) is 21.3 Å². The fourth-order valence-corrected chi connectivity index (χ4v) is 2.63. The Bertz CT molecular complexity index is 808. The number of carbonyl (C=O) groups excluding carboxylic acids is 2. The van der Waals surface area contributed by atoms with Gasteiger partial charge in [-0.15, -0.1) is 0 Å². The molecule has 0 bridgehead atoms. The molecular formula is C20H24N2O5. The number of methoxy groups -OCH3 is 3. The second kappa shape index (κ2) is 8.93. The third-order valence-electron chi connectivity index (χ3n) is 3.96. The first-order valence-electron chi connectivity index (χ1n) is 8.42. The Morgan fingerprint density at radius 1 is 0.852 bits per heavy atom. The van der Waals surface area contributed by atoms with Crippen molar-refractivity contribution in [1.82, 2.24) is 0 Å². The molecule has 7 nitrogen and oxygen atoms in total. The van der Waals surface area contributed by atoms with Crippen LogP contribution in [0.15, 0.2) is 36.4 Å². The summed E-state index contributed by atoms with van der Waals surface area (Å²) in [5.74, 6) is -0.219. The lowest BCUT2D eigenvalue weighted by molar-refractivity contribution is -0.133. The molecule has 0 saturated heterocycles.